The lowest BCUT2D eigenvalue weighted by Gasteiger charge is -2.14. The van der Waals surface area contributed by atoms with Gasteiger partial charge >= 0.3 is 0 Å². The molecule has 0 unspecified atom stereocenters. The van der Waals surface area contributed by atoms with Crippen LogP contribution in [0.15, 0.2) is 0 Å². The standard InChI is InChI=1S/C7H12N4O2S/c8-6-9-10-7(14)11(6)5-3-12-1-2-13-4-5/h5H,1-4H2,(H2,8,9)(H,10,14). The van der Waals surface area contributed by atoms with Crippen molar-refractivity contribution in [2.75, 3.05) is 32.2 Å². The number of nitrogen functional groups attached to an aromatic ring is 1. The van der Waals surface area contributed by atoms with Crippen molar-refractivity contribution in [3.63, 3.8) is 0 Å². The zero-order chi connectivity index (χ0) is 9.97. The molecule has 0 aliphatic carbocycles. The van der Waals surface area contributed by atoms with Crippen LogP contribution in [0.4, 0.5) is 5.95 Å². The summed E-state index contributed by atoms with van der Waals surface area (Å²) in [5.41, 5.74) is 5.67. The monoisotopic (exact) mass is 216 g/mol. The maximum absolute atomic E-state index is 5.67. The van der Waals surface area contributed by atoms with Crippen LogP contribution in [-0.4, -0.2) is 41.2 Å². The van der Waals surface area contributed by atoms with Crippen molar-refractivity contribution in [1.29, 1.82) is 0 Å². The minimum atomic E-state index is 0.0174. The largest absolute Gasteiger partial charge is 0.377 e. The Morgan fingerprint density at radius 3 is 2.57 bits per heavy atom. The quantitative estimate of drug-likeness (QED) is 0.651. The Bertz CT molecular complexity index is 353. The smallest absolute Gasteiger partial charge is 0.220 e. The average molecular weight is 216 g/mol. The summed E-state index contributed by atoms with van der Waals surface area (Å²) >= 11 is 5.05. The highest BCUT2D eigenvalue weighted by Gasteiger charge is 2.18. The van der Waals surface area contributed by atoms with Gasteiger partial charge in [-0.2, -0.15) is 0 Å². The van der Waals surface area contributed by atoms with Gasteiger partial charge in [-0.05, 0) is 12.2 Å². The Balaban J connectivity index is 2.24. The van der Waals surface area contributed by atoms with Gasteiger partial charge in [0.25, 0.3) is 0 Å². The van der Waals surface area contributed by atoms with E-state index >= 15 is 0 Å². The van der Waals surface area contributed by atoms with Crippen molar-refractivity contribution in [2.45, 2.75) is 6.04 Å². The van der Waals surface area contributed by atoms with Crippen molar-refractivity contribution in [1.82, 2.24) is 14.8 Å². The summed E-state index contributed by atoms with van der Waals surface area (Å²) in [6.07, 6.45) is 0. The number of ether oxygens (including phenoxy) is 2. The molecule has 2 heterocycles. The fraction of sp³-hybridized carbons (Fsp3) is 0.714. The lowest BCUT2D eigenvalue weighted by molar-refractivity contribution is 0.103. The summed E-state index contributed by atoms with van der Waals surface area (Å²) in [5, 5.41) is 6.47. The van der Waals surface area contributed by atoms with Gasteiger partial charge in [0.15, 0.2) is 4.77 Å². The molecule has 2 rings (SSSR count). The van der Waals surface area contributed by atoms with E-state index < -0.39 is 0 Å². The minimum Gasteiger partial charge on any atom is -0.377 e. The van der Waals surface area contributed by atoms with Crippen LogP contribution in [0.25, 0.3) is 0 Å². The molecule has 1 fully saturated rings. The van der Waals surface area contributed by atoms with Crippen LogP contribution in [0.3, 0.4) is 0 Å². The molecular weight excluding hydrogens is 204 g/mol. The first kappa shape index (κ1) is 9.63. The summed E-state index contributed by atoms with van der Waals surface area (Å²) in [4.78, 5) is 0. The maximum Gasteiger partial charge on any atom is 0.220 e. The number of aromatic nitrogens is 3. The third-order valence-electron chi connectivity index (χ3n) is 2.09. The normalized spacial score (nSPS) is 19.4. The number of hydrogen-bond donors (Lipinski definition) is 2. The molecule has 1 aliphatic rings. The van der Waals surface area contributed by atoms with Gasteiger partial charge in [-0.25, -0.2) is 5.10 Å². The minimum absolute atomic E-state index is 0.0174. The first-order chi connectivity index (χ1) is 6.79. The third kappa shape index (κ3) is 1.79. The van der Waals surface area contributed by atoms with Crippen LogP contribution in [0, 0.1) is 4.77 Å². The molecule has 6 nitrogen and oxygen atoms in total. The highest BCUT2D eigenvalue weighted by molar-refractivity contribution is 7.71. The molecule has 1 saturated heterocycles. The van der Waals surface area contributed by atoms with Crippen molar-refractivity contribution >= 4 is 18.2 Å². The van der Waals surface area contributed by atoms with Gasteiger partial charge in [0.05, 0.1) is 32.5 Å². The first-order valence-corrected chi connectivity index (χ1v) is 4.77. The lowest BCUT2D eigenvalue weighted by atomic mass is 10.3. The van der Waals surface area contributed by atoms with Gasteiger partial charge < -0.3 is 15.2 Å². The Morgan fingerprint density at radius 2 is 2.07 bits per heavy atom. The molecule has 0 radical (unpaired) electrons. The fourth-order valence-corrected chi connectivity index (χ4v) is 1.71. The van der Waals surface area contributed by atoms with Crippen LogP contribution in [0.5, 0.6) is 0 Å². The topological polar surface area (TPSA) is 78.1 Å². The highest BCUT2D eigenvalue weighted by Crippen LogP contribution is 2.14. The summed E-state index contributed by atoms with van der Waals surface area (Å²) in [5.74, 6) is 0.370. The second-order valence-corrected chi connectivity index (χ2v) is 3.45. The predicted octanol–water partition coefficient (Wildman–Crippen LogP) is 0.111. The van der Waals surface area contributed by atoms with Crippen molar-refractivity contribution in [3.05, 3.63) is 4.77 Å². The van der Waals surface area contributed by atoms with Crippen LogP contribution in [-0.2, 0) is 9.47 Å². The Hall–Kier alpha value is -0.920. The van der Waals surface area contributed by atoms with E-state index in [9.17, 15) is 0 Å². The zero-order valence-corrected chi connectivity index (χ0v) is 8.42. The zero-order valence-electron chi connectivity index (χ0n) is 7.60. The van der Waals surface area contributed by atoms with Gasteiger partial charge in [0.2, 0.25) is 5.95 Å². The third-order valence-corrected chi connectivity index (χ3v) is 2.38. The second kappa shape index (κ2) is 4.07. The molecule has 1 aliphatic heterocycles. The molecule has 78 valence electrons. The molecule has 0 bridgehead atoms. The highest BCUT2D eigenvalue weighted by atomic mass is 32.1. The summed E-state index contributed by atoms with van der Waals surface area (Å²) in [7, 11) is 0. The van der Waals surface area contributed by atoms with Crippen molar-refractivity contribution in [2.24, 2.45) is 0 Å². The number of H-pyrrole nitrogens is 1. The number of nitrogens with zero attached hydrogens (tertiary/aromatic N) is 2. The molecule has 0 atom stereocenters. The number of anilines is 1. The van der Waals surface area contributed by atoms with E-state index in [0.717, 1.165) is 0 Å². The first-order valence-electron chi connectivity index (χ1n) is 4.37. The molecule has 1 aromatic rings. The lowest BCUT2D eigenvalue weighted by Crippen LogP contribution is -2.20. The molecule has 3 N–H and O–H groups in total. The fourth-order valence-electron chi connectivity index (χ4n) is 1.42. The Kier molecular flexibility index (Phi) is 2.80. The van der Waals surface area contributed by atoms with Crippen LogP contribution < -0.4 is 5.73 Å². The average Bonchev–Trinajstić information content (AvgIpc) is 2.45. The Morgan fingerprint density at radius 1 is 1.43 bits per heavy atom. The van der Waals surface area contributed by atoms with E-state index in [-0.39, 0.29) is 6.04 Å². The van der Waals surface area contributed by atoms with Crippen molar-refractivity contribution < 1.29 is 9.47 Å². The van der Waals surface area contributed by atoms with E-state index in [1.54, 1.807) is 4.57 Å². The van der Waals surface area contributed by atoms with Crippen LogP contribution in [0.1, 0.15) is 6.04 Å². The molecule has 7 heteroatoms. The van der Waals surface area contributed by atoms with Crippen LogP contribution >= 0.6 is 12.2 Å². The van der Waals surface area contributed by atoms with Gasteiger partial charge in [0.1, 0.15) is 0 Å². The van der Waals surface area contributed by atoms with E-state index in [1.807, 2.05) is 0 Å². The number of aromatic amines is 1. The number of nitrogens with one attached hydrogen (secondary N) is 1. The van der Waals surface area contributed by atoms with Crippen molar-refractivity contribution in [3.8, 4) is 0 Å². The summed E-state index contributed by atoms with van der Waals surface area (Å²) in [6.45, 7) is 2.33. The summed E-state index contributed by atoms with van der Waals surface area (Å²) < 4.78 is 12.9. The molecule has 0 aromatic carbocycles. The Labute approximate surface area is 86.0 Å². The van der Waals surface area contributed by atoms with Gasteiger partial charge in [0, 0.05) is 0 Å². The molecular formula is C7H12N4O2S. The van der Waals surface area contributed by atoms with Gasteiger partial charge in [-0.3, -0.25) is 4.57 Å². The SMILES string of the molecule is Nc1n[nH]c(=S)n1C1COCCOC1. The van der Waals surface area contributed by atoms with Gasteiger partial charge in [-0.15, -0.1) is 5.10 Å². The predicted molar refractivity (Wildman–Crippen MR) is 52.5 cm³/mol. The van der Waals surface area contributed by atoms with E-state index in [1.165, 1.54) is 0 Å². The maximum atomic E-state index is 5.67. The number of rotatable bonds is 1. The number of nitrogens with two attached hydrogens (primary N) is 1. The molecule has 0 spiro atoms. The summed E-state index contributed by atoms with van der Waals surface area (Å²) in [6, 6.07) is 0.0174. The second-order valence-electron chi connectivity index (χ2n) is 3.06. The molecule has 14 heavy (non-hydrogen) atoms. The van der Waals surface area contributed by atoms with E-state index in [4.69, 9.17) is 27.4 Å². The van der Waals surface area contributed by atoms with E-state index in [0.29, 0.717) is 37.1 Å². The van der Waals surface area contributed by atoms with Gasteiger partial charge in [-0.1, -0.05) is 0 Å². The molecule has 0 amide bonds. The number of hydrogen-bond acceptors (Lipinski definition) is 5. The molecule has 1 aromatic heterocycles. The molecule has 0 saturated carbocycles. The van der Waals surface area contributed by atoms with Crippen LogP contribution in [0.2, 0.25) is 0 Å². The van der Waals surface area contributed by atoms with E-state index in [2.05, 4.69) is 10.2 Å².